The third-order valence-electron chi connectivity index (χ3n) is 8.31. The summed E-state index contributed by atoms with van der Waals surface area (Å²) in [4.78, 5) is 12.2. The SMILES string of the molecule is CCC(CC(=O)O)(c1ccc(C)c([C@H](C)O)c1)c1ccc2c(nnn2CCCCCCOCc2ccccc2)c1C. The molecule has 1 aromatic heterocycles. The number of nitrogens with zero attached hydrogens (tertiary/aromatic N) is 3. The number of fused-ring (bicyclic) bond motifs is 1. The maximum Gasteiger partial charge on any atom is 0.304 e. The molecule has 7 nitrogen and oxygen atoms in total. The van der Waals surface area contributed by atoms with Crippen LogP contribution in [0.5, 0.6) is 0 Å². The molecule has 1 heterocycles. The minimum Gasteiger partial charge on any atom is -0.481 e. The van der Waals surface area contributed by atoms with Crippen molar-refractivity contribution < 1.29 is 19.7 Å². The lowest BCUT2D eigenvalue weighted by molar-refractivity contribution is -0.138. The lowest BCUT2D eigenvalue weighted by Gasteiger charge is -2.35. The first-order valence-corrected chi connectivity index (χ1v) is 14.7. The Morgan fingerprint density at radius 1 is 1.02 bits per heavy atom. The molecule has 0 amide bonds. The first-order chi connectivity index (χ1) is 19.8. The van der Waals surface area contributed by atoms with Crippen LogP contribution in [-0.2, 0) is 28.1 Å². The molecule has 0 fully saturated rings. The number of hydrogen-bond acceptors (Lipinski definition) is 5. The Hall–Kier alpha value is -3.55. The van der Waals surface area contributed by atoms with Gasteiger partial charge in [-0.15, -0.1) is 5.10 Å². The largest absolute Gasteiger partial charge is 0.481 e. The van der Waals surface area contributed by atoms with Crippen molar-refractivity contribution in [3.8, 4) is 0 Å². The minimum atomic E-state index is -0.861. The molecule has 2 atom stereocenters. The van der Waals surface area contributed by atoms with Gasteiger partial charge in [-0.1, -0.05) is 79.6 Å². The van der Waals surface area contributed by atoms with Crippen molar-refractivity contribution in [3.63, 3.8) is 0 Å². The van der Waals surface area contributed by atoms with E-state index in [0.717, 1.165) is 77.7 Å². The second kappa shape index (κ2) is 13.9. The molecule has 0 aliphatic rings. The summed E-state index contributed by atoms with van der Waals surface area (Å²) in [6.07, 6.45) is 4.12. The van der Waals surface area contributed by atoms with Crippen molar-refractivity contribution in [1.82, 2.24) is 15.0 Å². The van der Waals surface area contributed by atoms with Gasteiger partial charge in [-0.25, -0.2) is 4.68 Å². The molecular weight excluding hydrogens is 514 g/mol. The molecule has 7 heteroatoms. The average Bonchev–Trinajstić information content (AvgIpc) is 3.38. The second-order valence-corrected chi connectivity index (χ2v) is 11.1. The van der Waals surface area contributed by atoms with Crippen LogP contribution >= 0.6 is 0 Å². The van der Waals surface area contributed by atoms with E-state index in [1.807, 2.05) is 67.9 Å². The van der Waals surface area contributed by atoms with Crippen molar-refractivity contribution in [3.05, 3.63) is 94.0 Å². The third kappa shape index (κ3) is 7.03. The summed E-state index contributed by atoms with van der Waals surface area (Å²) in [6, 6.07) is 20.3. The number of carboxylic acid groups (broad SMARTS) is 1. The van der Waals surface area contributed by atoms with E-state index in [0.29, 0.717) is 13.0 Å². The van der Waals surface area contributed by atoms with E-state index >= 15 is 0 Å². The quantitative estimate of drug-likeness (QED) is 0.152. The number of aliphatic hydroxyl groups excluding tert-OH is 1. The van der Waals surface area contributed by atoms with Crippen LogP contribution in [-0.4, -0.2) is 37.8 Å². The molecule has 4 aromatic rings. The number of unbranched alkanes of at least 4 members (excludes halogenated alkanes) is 3. The van der Waals surface area contributed by atoms with E-state index in [-0.39, 0.29) is 6.42 Å². The Bertz CT molecular complexity index is 1450. The summed E-state index contributed by atoms with van der Waals surface area (Å²) in [6.45, 7) is 9.95. The number of rotatable bonds is 15. The van der Waals surface area contributed by atoms with E-state index < -0.39 is 17.5 Å². The van der Waals surface area contributed by atoms with Gasteiger partial charge in [0.1, 0.15) is 5.52 Å². The number of aliphatic carboxylic acids is 1. The molecule has 0 aliphatic carbocycles. The molecule has 41 heavy (non-hydrogen) atoms. The van der Waals surface area contributed by atoms with Crippen LogP contribution in [0.1, 0.15) is 91.9 Å². The van der Waals surface area contributed by atoms with Gasteiger partial charge in [0.25, 0.3) is 0 Å². The first-order valence-electron chi connectivity index (χ1n) is 14.7. The molecule has 0 radical (unpaired) electrons. The molecule has 0 spiro atoms. The normalized spacial score (nSPS) is 13.8. The van der Waals surface area contributed by atoms with Crippen LogP contribution in [0.3, 0.4) is 0 Å². The van der Waals surface area contributed by atoms with Gasteiger partial charge < -0.3 is 14.9 Å². The van der Waals surface area contributed by atoms with Gasteiger partial charge in [0, 0.05) is 18.6 Å². The maximum atomic E-state index is 12.2. The van der Waals surface area contributed by atoms with Crippen LogP contribution < -0.4 is 0 Å². The predicted molar refractivity (Wildman–Crippen MR) is 162 cm³/mol. The highest BCUT2D eigenvalue weighted by atomic mass is 16.5. The van der Waals surface area contributed by atoms with Gasteiger partial charge in [0.05, 0.1) is 24.6 Å². The highest BCUT2D eigenvalue weighted by Gasteiger charge is 2.37. The second-order valence-electron chi connectivity index (χ2n) is 11.1. The summed E-state index contributed by atoms with van der Waals surface area (Å²) in [5.74, 6) is -0.861. The van der Waals surface area contributed by atoms with E-state index in [2.05, 4.69) is 28.5 Å². The van der Waals surface area contributed by atoms with Crippen LogP contribution in [0.25, 0.3) is 11.0 Å². The zero-order valence-electron chi connectivity index (χ0n) is 24.8. The number of aliphatic hydroxyl groups is 1. The summed E-state index contributed by atoms with van der Waals surface area (Å²) < 4.78 is 7.75. The molecule has 218 valence electrons. The summed E-state index contributed by atoms with van der Waals surface area (Å²) in [5.41, 5.74) is 6.81. The standard InChI is InChI=1S/C34H43N3O4/c1-5-34(22-32(39)40,28-16-15-24(2)29(21-28)26(4)38)30-17-18-31-33(25(30)3)35-36-37(31)19-11-6-7-12-20-41-23-27-13-9-8-10-14-27/h8-10,13-18,21,26,38H,5-7,11-12,19-20,22-23H2,1-4H3,(H,39,40)/t26-,34?/m0/s1. The molecule has 0 saturated heterocycles. The summed E-state index contributed by atoms with van der Waals surface area (Å²) >= 11 is 0. The fourth-order valence-corrected chi connectivity index (χ4v) is 5.95. The zero-order valence-corrected chi connectivity index (χ0v) is 24.8. The average molecular weight is 558 g/mol. The summed E-state index contributed by atoms with van der Waals surface area (Å²) in [5, 5.41) is 29.4. The van der Waals surface area contributed by atoms with Crippen molar-refractivity contribution in [1.29, 1.82) is 0 Å². The van der Waals surface area contributed by atoms with Crippen LogP contribution in [0, 0.1) is 13.8 Å². The van der Waals surface area contributed by atoms with Crippen molar-refractivity contribution in [2.24, 2.45) is 0 Å². The number of aromatic nitrogens is 3. The molecule has 0 saturated carbocycles. The number of carbonyl (C=O) groups is 1. The lowest BCUT2D eigenvalue weighted by Crippen LogP contribution is -2.31. The third-order valence-corrected chi connectivity index (χ3v) is 8.31. The molecule has 2 N–H and O–H groups in total. The highest BCUT2D eigenvalue weighted by molar-refractivity contribution is 5.81. The molecule has 3 aromatic carbocycles. The van der Waals surface area contributed by atoms with Crippen LogP contribution in [0.2, 0.25) is 0 Å². The Labute approximate surface area is 243 Å². The topological polar surface area (TPSA) is 97.5 Å². The van der Waals surface area contributed by atoms with Crippen molar-refractivity contribution in [2.75, 3.05) is 6.61 Å². The number of benzene rings is 3. The highest BCUT2D eigenvalue weighted by Crippen LogP contribution is 2.43. The van der Waals surface area contributed by atoms with E-state index in [1.54, 1.807) is 6.92 Å². The van der Waals surface area contributed by atoms with Gasteiger partial charge in [-0.05, 0) is 79.5 Å². The molecule has 4 rings (SSSR count). The minimum absolute atomic E-state index is 0.0542. The molecule has 1 unspecified atom stereocenters. The summed E-state index contributed by atoms with van der Waals surface area (Å²) in [7, 11) is 0. The Kier molecular flexibility index (Phi) is 10.3. The lowest BCUT2D eigenvalue weighted by atomic mass is 9.68. The van der Waals surface area contributed by atoms with Gasteiger partial charge >= 0.3 is 5.97 Å². The monoisotopic (exact) mass is 557 g/mol. The maximum absolute atomic E-state index is 12.2. The van der Waals surface area contributed by atoms with Gasteiger partial charge in [0.15, 0.2) is 0 Å². The van der Waals surface area contributed by atoms with Gasteiger partial charge in [-0.3, -0.25) is 4.79 Å². The van der Waals surface area contributed by atoms with E-state index in [4.69, 9.17) is 4.74 Å². The van der Waals surface area contributed by atoms with Crippen molar-refractivity contribution >= 4 is 17.0 Å². The van der Waals surface area contributed by atoms with E-state index in [9.17, 15) is 15.0 Å². The predicted octanol–water partition coefficient (Wildman–Crippen LogP) is 7.05. The Morgan fingerprint density at radius 3 is 2.49 bits per heavy atom. The molecule has 0 aliphatic heterocycles. The van der Waals surface area contributed by atoms with Crippen molar-refractivity contribution in [2.45, 2.75) is 90.9 Å². The van der Waals surface area contributed by atoms with Crippen LogP contribution in [0.4, 0.5) is 0 Å². The van der Waals surface area contributed by atoms with E-state index in [1.165, 1.54) is 5.56 Å². The number of aryl methyl sites for hydroxylation is 3. The number of hydrogen-bond donors (Lipinski definition) is 2. The number of carboxylic acids is 1. The molecule has 0 bridgehead atoms. The Morgan fingerprint density at radius 2 is 1.78 bits per heavy atom. The number of ether oxygens (including phenoxy) is 1. The zero-order chi connectivity index (χ0) is 29.4. The first kappa shape index (κ1) is 30.4. The fraction of sp³-hybridized carbons (Fsp3) is 0.441. The Balaban J connectivity index is 1.46. The van der Waals surface area contributed by atoms with Gasteiger partial charge in [-0.2, -0.15) is 0 Å². The smallest absolute Gasteiger partial charge is 0.304 e. The van der Waals surface area contributed by atoms with Crippen LogP contribution in [0.15, 0.2) is 60.7 Å². The van der Waals surface area contributed by atoms with Gasteiger partial charge in [0.2, 0.25) is 0 Å². The fourth-order valence-electron chi connectivity index (χ4n) is 5.95. The molecular formula is C34H43N3O4.